The second kappa shape index (κ2) is 6.83. The second-order valence-electron chi connectivity index (χ2n) is 7.63. The standard InChI is InChI=1S/C19H22N8O/c1-24-11-16(20-6-19(24)28)12-25-7-14-9-26(10-15(14)8-25)17-5-18(22-13-21-17)27-4-2-3-23-27/h2-6,11,13-15H,7-10,12H2,1H3. The molecule has 0 radical (unpaired) electrons. The fourth-order valence-corrected chi connectivity index (χ4v) is 4.31. The van der Waals surface area contributed by atoms with E-state index in [9.17, 15) is 4.79 Å². The van der Waals surface area contributed by atoms with E-state index in [2.05, 4.69) is 29.9 Å². The van der Waals surface area contributed by atoms with Gasteiger partial charge < -0.3 is 9.47 Å². The Kier molecular flexibility index (Phi) is 4.16. The van der Waals surface area contributed by atoms with Crippen LogP contribution in [0, 0.1) is 11.8 Å². The first-order valence-corrected chi connectivity index (χ1v) is 9.46. The molecule has 5 heterocycles. The topological polar surface area (TPSA) is 85.0 Å². The van der Waals surface area contributed by atoms with Gasteiger partial charge in [-0.1, -0.05) is 0 Å². The van der Waals surface area contributed by atoms with Crippen molar-refractivity contribution < 1.29 is 0 Å². The number of anilines is 1. The van der Waals surface area contributed by atoms with Gasteiger partial charge in [0.25, 0.3) is 5.56 Å². The lowest BCUT2D eigenvalue weighted by molar-refractivity contribution is 0.304. The largest absolute Gasteiger partial charge is 0.356 e. The maximum absolute atomic E-state index is 11.5. The van der Waals surface area contributed by atoms with Crippen LogP contribution in [0.3, 0.4) is 0 Å². The highest BCUT2D eigenvalue weighted by molar-refractivity contribution is 5.44. The van der Waals surface area contributed by atoms with E-state index >= 15 is 0 Å². The molecule has 0 amide bonds. The van der Waals surface area contributed by atoms with Gasteiger partial charge in [0.15, 0.2) is 5.82 Å². The van der Waals surface area contributed by atoms with E-state index in [1.165, 1.54) is 6.20 Å². The molecule has 3 aromatic heterocycles. The zero-order valence-corrected chi connectivity index (χ0v) is 15.7. The van der Waals surface area contributed by atoms with Crippen LogP contribution in [0.15, 0.2) is 48.0 Å². The first kappa shape index (κ1) is 17.1. The Morgan fingerprint density at radius 3 is 2.57 bits per heavy atom. The summed E-state index contributed by atoms with van der Waals surface area (Å²) >= 11 is 0. The Morgan fingerprint density at radius 2 is 1.86 bits per heavy atom. The van der Waals surface area contributed by atoms with Crippen molar-refractivity contribution >= 4 is 5.82 Å². The summed E-state index contributed by atoms with van der Waals surface area (Å²) in [6.07, 6.45) is 8.48. The Bertz CT molecular complexity index is 1020. The third-order valence-electron chi connectivity index (χ3n) is 5.68. The van der Waals surface area contributed by atoms with Crippen LogP contribution in [-0.4, -0.2) is 60.4 Å². The van der Waals surface area contributed by atoms with Crippen molar-refractivity contribution in [3.8, 4) is 5.82 Å². The first-order chi connectivity index (χ1) is 13.7. The predicted octanol–water partition coefficient (Wildman–Crippen LogP) is 0.324. The van der Waals surface area contributed by atoms with E-state index in [0.717, 1.165) is 50.1 Å². The van der Waals surface area contributed by atoms with Crippen LogP contribution >= 0.6 is 0 Å². The van der Waals surface area contributed by atoms with Crippen LogP contribution in [0.1, 0.15) is 5.69 Å². The van der Waals surface area contributed by atoms with Gasteiger partial charge in [0.2, 0.25) is 0 Å². The minimum absolute atomic E-state index is 0.0722. The van der Waals surface area contributed by atoms with Gasteiger partial charge in [-0.15, -0.1) is 0 Å². The number of rotatable bonds is 4. The average Bonchev–Trinajstić information content (AvgIpc) is 3.41. The molecule has 2 fully saturated rings. The van der Waals surface area contributed by atoms with Crippen LogP contribution in [0.4, 0.5) is 5.82 Å². The number of aryl methyl sites for hydroxylation is 1. The van der Waals surface area contributed by atoms with Crippen molar-refractivity contribution in [2.75, 3.05) is 31.1 Å². The van der Waals surface area contributed by atoms with Crippen molar-refractivity contribution in [2.45, 2.75) is 6.54 Å². The Morgan fingerprint density at radius 1 is 1.07 bits per heavy atom. The van der Waals surface area contributed by atoms with Gasteiger partial charge in [0, 0.05) is 64.4 Å². The molecular weight excluding hydrogens is 356 g/mol. The van der Waals surface area contributed by atoms with E-state index in [4.69, 9.17) is 0 Å². The minimum Gasteiger partial charge on any atom is -0.356 e. The number of likely N-dealkylation sites (tertiary alicyclic amines) is 1. The number of fused-ring (bicyclic) bond motifs is 1. The van der Waals surface area contributed by atoms with E-state index in [1.54, 1.807) is 28.8 Å². The van der Waals surface area contributed by atoms with Gasteiger partial charge >= 0.3 is 0 Å². The van der Waals surface area contributed by atoms with Gasteiger partial charge in [-0.25, -0.2) is 14.6 Å². The van der Waals surface area contributed by atoms with Gasteiger partial charge in [0.05, 0.1) is 11.9 Å². The molecule has 2 aliphatic heterocycles. The lowest BCUT2D eigenvalue weighted by atomic mass is 10.0. The molecule has 5 rings (SSSR count). The number of hydrogen-bond acceptors (Lipinski definition) is 7. The summed E-state index contributed by atoms with van der Waals surface area (Å²) in [7, 11) is 1.77. The van der Waals surface area contributed by atoms with Crippen LogP contribution in [0.25, 0.3) is 5.82 Å². The summed E-state index contributed by atoms with van der Waals surface area (Å²) in [6, 6.07) is 3.89. The third kappa shape index (κ3) is 3.18. The molecule has 0 aromatic carbocycles. The summed E-state index contributed by atoms with van der Waals surface area (Å²) in [5.74, 6) is 2.99. The Hall–Kier alpha value is -3.07. The highest BCUT2D eigenvalue weighted by atomic mass is 16.1. The van der Waals surface area contributed by atoms with Gasteiger partial charge in [-0.2, -0.15) is 5.10 Å². The predicted molar refractivity (Wildman–Crippen MR) is 103 cm³/mol. The Labute approximate surface area is 162 Å². The second-order valence-corrected chi connectivity index (χ2v) is 7.63. The summed E-state index contributed by atoms with van der Waals surface area (Å²) in [5.41, 5.74) is 0.871. The zero-order valence-electron chi connectivity index (χ0n) is 15.7. The summed E-state index contributed by atoms with van der Waals surface area (Å²) in [6.45, 7) is 4.87. The van der Waals surface area contributed by atoms with E-state index in [1.807, 2.05) is 24.5 Å². The molecule has 0 bridgehead atoms. The number of hydrogen-bond donors (Lipinski definition) is 0. The fourth-order valence-electron chi connectivity index (χ4n) is 4.31. The molecule has 3 aromatic rings. The molecule has 0 spiro atoms. The summed E-state index contributed by atoms with van der Waals surface area (Å²) in [4.78, 5) is 29.4. The van der Waals surface area contributed by atoms with Gasteiger partial charge in [-0.05, 0) is 17.9 Å². The third-order valence-corrected chi connectivity index (χ3v) is 5.68. The lowest BCUT2D eigenvalue weighted by Crippen LogP contribution is -2.30. The van der Waals surface area contributed by atoms with Crippen LogP contribution in [-0.2, 0) is 13.6 Å². The molecular formula is C19H22N8O. The average molecular weight is 378 g/mol. The number of aromatic nitrogens is 6. The van der Waals surface area contributed by atoms with Crippen LogP contribution < -0.4 is 10.5 Å². The van der Waals surface area contributed by atoms with Crippen molar-refractivity contribution in [3.05, 3.63) is 59.3 Å². The smallest absolute Gasteiger partial charge is 0.268 e. The number of nitrogens with zero attached hydrogens (tertiary/aromatic N) is 8. The maximum Gasteiger partial charge on any atom is 0.268 e. The quantitative estimate of drug-likeness (QED) is 0.646. The SMILES string of the molecule is Cn1cc(CN2CC3CN(c4cc(-n5cccn5)ncn4)CC3C2)ncc1=O. The first-order valence-electron chi connectivity index (χ1n) is 9.46. The fraction of sp³-hybridized carbons (Fsp3) is 0.421. The summed E-state index contributed by atoms with van der Waals surface area (Å²) in [5, 5.41) is 4.25. The molecule has 2 aliphatic rings. The molecule has 2 saturated heterocycles. The molecule has 2 atom stereocenters. The minimum atomic E-state index is -0.0722. The van der Waals surface area contributed by atoms with Crippen molar-refractivity contribution in [2.24, 2.45) is 18.9 Å². The molecule has 0 saturated carbocycles. The van der Waals surface area contributed by atoms with Crippen molar-refractivity contribution in [1.82, 2.24) is 34.2 Å². The molecule has 28 heavy (non-hydrogen) atoms. The molecule has 0 N–H and O–H groups in total. The molecule has 9 heteroatoms. The van der Waals surface area contributed by atoms with Crippen molar-refractivity contribution in [1.29, 1.82) is 0 Å². The summed E-state index contributed by atoms with van der Waals surface area (Å²) < 4.78 is 3.34. The molecule has 144 valence electrons. The highest BCUT2D eigenvalue weighted by Crippen LogP contribution is 2.33. The van der Waals surface area contributed by atoms with E-state index in [0.29, 0.717) is 11.8 Å². The van der Waals surface area contributed by atoms with E-state index < -0.39 is 0 Å². The highest BCUT2D eigenvalue weighted by Gasteiger charge is 2.40. The van der Waals surface area contributed by atoms with Crippen molar-refractivity contribution in [3.63, 3.8) is 0 Å². The zero-order chi connectivity index (χ0) is 19.1. The molecule has 2 unspecified atom stereocenters. The Balaban J connectivity index is 1.24. The molecule has 0 aliphatic carbocycles. The lowest BCUT2D eigenvalue weighted by Gasteiger charge is -2.22. The van der Waals surface area contributed by atoms with Gasteiger partial charge in [-0.3, -0.25) is 14.7 Å². The van der Waals surface area contributed by atoms with Crippen LogP contribution in [0.5, 0.6) is 0 Å². The van der Waals surface area contributed by atoms with Gasteiger partial charge in [0.1, 0.15) is 12.1 Å². The molecule has 9 nitrogen and oxygen atoms in total. The monoisotopic (exact) mass is 378 g/mol. The van der Waals surface area contributed by atoms with E-state index in [-0.39, 0.29) is 5.56 Å². The van der Waals surface area contributed by atoms with Crippen LogP contribution in [0.2, 0.25) is 0 Å². The normalized spacial score (nSPS) is 22.0. The maximum atomic E-state index is 11.5.